The molecule has 1 aliphatic rings. The van der Waals surface area contributed by atoms with Crippen LogP contribution in [0, 0.1) is 18.6 Å². The number of aryl methyl sites for hydroxylation is 1. The molecular formula is C25H26F2N6O2. The first-order valence-electron chi connectivity index (χ1n) is 11.5. The lowest BCUT2D eigenvalue weighted by atomic mass is 10.0. The summed E-state index contributed by atoms with van der Waals surface area (Å²) in [5.74, 6) is -2.02. The van der Waals surface area contributed by atoms with Gasteiger partial charge >= 0.3 is 6.03 Å². The highest BCUT2D eigenvalue weighted by molar-refractivity contribution is 5.91. The zero-order valence-electron chi connectivity index (χ0n) is 19.5. The van der Waals surface area contributed by atoms with Crippen LogP contribution in [0.4, 0.5) is 19.4 Å². The van der Waals surface area contributed by atoms with Gasteiger partial charge in [0.2, 0.25) is 0 Å². The topological polar surface area (TPSA) is 95.2 Å². The number of methoxy groups -OCH3 is 1. The Balaban J connectivity index is 1.19. The maximum Gasteiger partial charge on any atom is 0.320 e. The molecule has 3 N–H and O–H groups in total. The lowest BCUT2D eigenvalue weighted by molar-refractivity contribution is 0.190. The monoisotopic (exact) mass is 480 g/mol. The second kappa shape index (κ2) is 9.46. The summed E-state index contributed by atoms with van der Waals surface area (Å²) in [6.45, 7) is 4.66. The van der Waals surface area contributed by atoms with Crippen molar-refractivity contribution in [1.82, 2.24) is 25.2 Å². The number of ether oxygens (including phenoxy) is 1. The molecule has 8 nitrogen and oxygen atoms in total. The average molecular weight is 481 g/mol. The van der Waals surface area contributed by atoms with E-state index in [1.54, 1.807) is 0 Å². The highest BCUT2D eigenvalue weighted by Crippen LogP contribution is 2.26. The zero-order chi connectivity index (χ0) is 24.5. The average Bonchev–Trinajstić information content (AvgIpc) is 3.25. The lowest BCUT2D eigenvalue weighted by Crippen LogP contribution is -2.45. The van der Waals surface area contributed by atoms with Gasteiger partial charge in [-0.1, -0.05) is 18.2 Å². The van der Waals surface area contributed by atoms with Crippen LogP contribution in [-0.4, -0.2) is 52.1 Å². The number of anilines is 1. The summed E-state index contributed by atoms with van der Waals surface area (Å²) in [5.41, 5.74) is 3.92. The number of nitrogens with one attached hydrogen (secondary N) is 3. The summed E-state index contributed by atoms with van der Waals surface area (Å²) in [5, 5.41) is 6.84. The van der Waals surface area contributed by atoms with Gasteiger partial charge in [0.15, 0.2) is 17.5 Å². The molecule has 1 saturated heterocycles. The van der Waals surface area contributed by atoms with Crippen molar-refractivity contribution >= 4 is 33.8 Å². The molecule has 2 amide bonds. The molecule has 2 aromatic heterocycles. The van der Waals surface area contributed by atoms with E-state index in [1.807, 2.05) is 0 Å². The Morgan fingerprint density at radius 1 is 1.17 bits per heavy atom. The number of fused-ring (bicyclic) bond motifs is 2. The predicted molar refractivity (Wildman–Crippen MR) is 129 cm³/mol. The number of aromatic amines is 1. The molecular weight excluding hydrogens is 454 g/mol. The molecule has 5 rings (SSSR count). The second-order valence-electron chi connectivity index (χ2n) is 8.80. The number of nitrogens with zero attached hydrogens (tertiary/aromatic N) is 3. The van der Waals surface area contributed by atoms with Gasteiger partial charge in [0.1, 0.15) is 0 Å². The van der Waals surface area contributed by atoms with Crippen molar-refractivity contribution in [2.75, 3.05) is 25.5 Å². The molecule has 2 aromatic carbocycles. The number of amides is 2. The molecule has 35 heavy (non-hydrogen) atoms. The summed E-state index contributed by atoms with van der Waals surface area (Å²) in [6.07, 6.45) is 3.69. The van der Waals surface area contributed by atoms with E-state index in [0.29, 0.717) is 0 Å². The molecule has 182 valence electrons. The Labute approximate surface area is 200 Å². The third-order valence-electron chi connectivity index (χ3n) is 6.43. The quantitative estimate of drug-likeness (QED) is 0.391. The summed E-state index contributed by atoms with van der Waals surface area (Å²) in [7, 11) is 1.36. The Morgan fingerprint density at radius 3 is 2.60 bits per heavy atom. The van der Waals surface area contributed by atoms with Crippen LogP contribution in [-0.2, 0) is 6.54 Å². The minimum Gasteiger partial charge on any atom is -0.478 e. The van der Waals surface area contributed by atoms with Crippen molar-refractivity contribution in [2.24, 2.45) is 0 Å². The number of halogens is 2. The summed E-state index contributed by atoms with van der Waals surface area (Å²) in [6, 6.07) is 7.74. The van der Waals surface area contributed by atoms with Crippen LogP contribution in [0.1, 0.15) is 24.0 Å². The fourth-order valence-corrected chi connectivity index (χ4v) is 4.56. The molecule has 0 radical (unpaired) electrons. The molecule has 10 heteroatoms. The lowest BCUT2D eigenvalue weighted by Gasteiger charge is -2.32. The van der Waals surface area contributed by atoms with Crippen molar-refractivity contribution in [3.63, 3.8) is 0 Å². The van der Waals surface area contributed by atoms with E-state index >= 15 is 0 Å². The van der Waals surface area contributed by atoms with E-state index in [-0.39, 0.29) is 28.8 Å². The Kier molecular flexibility index (Phi) is 6.21. The predicted octanol–water partition coefficient (Wildman–Crippen LogP) is 4.49. The number of para-hydroxylation sites is 1. The van der Waals surface area contributed by atoms with Gasteiger partial charge in [-0.2, -0.15) is 0 Å². The van der Waals surface area contributed by atoms with E-state index < -0.39 is 17.7 Å². The van der Waals surface area contributed by atoms with Crippen LogP contribution < -0.4 is 15.4 Å². The maximum atomic E-state index is 13.6. The third kappa shape index (κ3) is 4.74. The van der Waals surface area contributed by atoms with Crippen LogP contribution in [0.5, 0.6) is 5.88 Å². The molecule has 3 heterocycles. The van der Waals surface area contributed by atoms with Crippen LogP contribution in [0.25, 0.3) is 21.9 Å². The van der Waals surface area contributed by atoms with Crippen molar-refractivity contribution in [3.05, 3.63) is 59.3 Å². The summed E-state index contributed by atoms with van der Waals surface area (Å²) in [4.78, 5) is 26.7. The van der Waals surface area contributed by atoms with Crippen molar-refractivity contribution in [2.45, 2.75) is 32.4 Å². The molecule has 4 aromatic rings. The fourth-order valence-electron chi connectivity index (χ4n) is 4.56. The molecule has 0 unspecified atom stereocenters. The van der Waals surface area contributed by atoms with E-state index in [9.17, 15) is 13.6 Å². The van der Waals surface area contributed by atoms with Crippen molar-refractivity contribution < 1.29 is 18.3 Å². The molecule has 0 aliphatic carbocycles. The van der Waals surface area contributed by atoms with Crippen molar-refractivity contribution in [1.29, 1.82) is 0 Å². The number of rotatable bonds is 5. The molecule has 0 bridgehead atoms. The standard InChI is InChI=1S/C25H26F2N6O2/c1-14-4-3-5-17-15(12-28-22(14)17)13-33-8-6-16(7-9-33)29-25(34)32-23-24(35-2)31-21-11-19(27)18(26)10-20(21)30-23/h3-5,10-12,16,28H,6-9,13H2,1-2H3,(H2,29,30,32,34). The summed E-state index contributed by atoms with van der Waals surface area (Å²) >= 11 is 0. The molecule has 1 fully saturated rings. The van der Waals surface area contributed by atoms with Crippen LogP contribution in [0.15, 0.2) is 36.5 Å². The summed E-state index contributed by atoms with van der Waals surface area (Å²) < 4.78 is 32.3. The first-order chi connectivity index (χ1) is 16.9. The molecule has 0 saturated carbocycles. The van der Waals surface area contributed by atoms with E-state index in [4.69, 9.17) is 4.74 Å². The zero-order valence-corrected chi connectivity index (χ0v) is 19.5. The van der Waals surface area contributed by atoms with Gasteiger partial charge in [-0.05, 0) is 30.9 Å². The van der Waals surface area contributed by atoms with Gasteiger partial charge in [-0.15, -0.1) is 0 Å². The van der Waals surface area contributed by atoms with Gasteiger partial charge < -0.3 is 15.0 Å². The van der Waals surface area contributed by atoms with Crippen LogP contribution in [0.3, 0.4) is 0 Å². The maximum absolute atomic E-state index is 13.6. The first kappa shape index (κ1) is 23.0. The van der Waals surface area contributed by atoms with E-state index in [2.05, 4.69) is 61.8 Å². The largest absolute Gasteiger partial charge is 0.478 e. The number of urea groups is 1. The first-order valence-corrected chi connectivity index (χ1v) is 11.5. The third-order valence-corrected chi connectivity index (χ3v) is 6.43. The number of aromatic nitrogens is 3. The van der Waals surface area contributed by atoms with Crippen molar-refractivity contribution in [3.8, 4) is 5.88 Å². The Hall–Kier alpha value is -3.79. The number of H-pyrrole nitrogens is 1. The fraction of sp³-hybridized carbons (Fsp3) is 0.320. The highest BCUT2D eigenvalue weighted by Gasteiger charge is 2.23. The van der Waals surface area contributed by atoms with Gasteiger partial charge in [0.05, 0.1) is 18.1 Å². The molecule has 1 aliphatic heterocycles. The number of hydrogen-bond acceptors (Lipinski definition) is 5. The number of carbonyl (C=O) groups excluding carboxylic acids is 1. The van der Waals surface area contributed by atoms with Gasteiger partial charge in [0.25, 0.3) is 5.88 Å². The number of benzene rings is 2. The SMILES string of the molecule is COc1nc2cc(F)c(F)cc2nc1NC(=O)NC1CCN(Cc2c[nH]c3c(C)cccc23)CC1. The normalized spacial score (nSPS) is 15.0. The van der Waals surface area contributed by atoms with Gasteiger partial charge in [0, 0.05) is 54.9 Å². The number of piperidine rings is 1. The number of likely N-dealkylation sites (tertiary alicyclic amines) is 1. The van der Waals surface area contributed by atoms with E-state index in [1.165, 1.54) is 29.1 Å². The second-order valence-corrected chi connectivity index (χ2v) is 8.80. The molecule has 0 atom stereocenters. The highest BCUT2D eigenvalue weighted by atomic mass is 19.2. The van der Waals surface area contributed by atoms with E-state index in [0.717, 1.165) is 44.6 Å². The molecule has 0 spiro atoms. The van der Waals surface area contributed by atoms with Gasteiger partial charge in [-0.25, -0.2) is 23.5 Å². The smallest absolute Gasteiger partial charge is 0.320 e. The Morgan fingerprint density at radius 2 is 1.89 bits per heavy atom. The van der Waals surface area contributed by atoms with Crippen LogP contribution in [0.2, 0.25) is 0 Å². The minimum atomic E-state index is -1.04. The number of carbonyl (C=O) groups is 1. The van der Waals surface area contributed by atoms with Gasteiger partial charge in [-0.3, -0.25) is 10.2 Å². The minimum absolute atomic E-state index is 0.00224. The Bertz CT molecular complexity index is 1400. The van der Waals surface area contributed by atoms with Crippen LogP contribution >= 0.6 is 0 Å². The number of hydrogen-bond donors (Lipinski definition) is 3.